The number of nitrogens with zero attached hydrogens (tertiary/aromatic N) is 1. The molecule has 5 fully saturated rings. The van der Waals surface area contributed by atoms with Crippen LogP contribution < -0.4 is 5.32 Å². The number of ether oxygens (including phenoxy) is 1. The highest BCUT2D eigenvalue weighted by molar-refractivity contribution is 5.90. The first-order valence-corrected chi connectivity index (χ1v) is 9.23. The Morgan fingerprint density at radius 1 is 1.04 bits per heavy atom. The van der Waals surface area contributed by atoms with Crippen molar-refractivity contribution in [3.63, 3.8) is 0 Å². The summed E-state index contributed by atoms with van der Waals surface area (Å²) >= 11 is 0. The van der Waals surface area contributed by atoms with Crippen molar-refractivity contribution in [1.29, 1.82) is 0 Å². The van der Waals surface area contributed by atoms with Crippen LogP contribution in [0.15, 0.2) is 0 Å². The van der Waals surface area contributed by atoms with Gasteiger partial charge in [-0.2, -0.15) is 0 Å². The summed E-state index contributed by atoms with van der Waals surface area (Å²) in [5.74, 6) is 2.42. The largest absolute Gasteiger partial charge is 0.378 e. The second-order valence-corrected chi connectivity index (χ2v) is 8.33. The normalized spacial score (nSPS) is 40.0. The molecule has 4 aliphatic carbocycles. The third-order valence-corrected chi connectivity index (χ3v) is 6.56. The predicted molar refractivity (Wildman–Crippen MR) is 85.6 cm³/mol. The molecule has 1 saturated heterocycles. The van der Waals surface area contributed by atoms with Crippen LogP contribution in [0.1, 0.15) is 45.4 Å². The van der Waals surface area contributed by atoms with Gasteiger partial charge < -0.3 is 15.0 Å². The molecule has 5 heteroatoms. The standard InChI is InChI=1S/C18H28N2O3/c1-12(16(21)20-2-4-23-5-3-20)19-17(22)18-9-13-6-14(10-18)8-15(7-13)11-18/h12-15H,2-11H2,1H3,(H,19,22)/t12-,13?,14?,15?,18?/m1/s1. The third kappa shape index (κ3) is 2.77. The third-order valence-electron chi connectivity index (χ3n) is 6.56. The summed E-state index contributed by atoms with van der Waals surface area (Å²) in [6.07, 6.45) is 7.12. The number of hydrogen-bond donors (Lipinski definition) is 1. The number of carbonyl (C=O) groups excluding carboxylic acids is 2. The van der Waals surface area contributed by atoms with E-state index >= 15 is 0 Å². The summed E-state index contributed by atoms with van der Waals surface area (Å²) in [5, 5.41) is 3.06. The van der Waals surface area contributed by atoms with Gasteiger partial charge >= 0.3 is 0 Å². The van der Waals surface area contributed by atoms with Crippen molar-refractivity contribution < 1.29 is 14.3 Å². The van der Waals surface area contributed by atoms with Gasteiger partial charge in [-0.05, 0) is 63.2 Å². The van der Waals surface area contributed by atoms with Crippen LogP contribution in [0.3, 0.4) is 0 Å². The van der Waals surface area contributed by atoms with E-state index in [1.165, 1.54) is 19.3 Å². The Hall–Kier alpha value is -1.10. The van der Waals surface area contributed by atoms with E-state index in [1.54, 1.807) is 0 Å². The minimum Gasteiger partial charge on any atom is -0.378 e. The summed E-state index contributed by atoms with van der Waals surface area (Å²) in [5.41, 5.74) is -0.172. The number of nitrogens with one attached hydrogen (secondary N) is 1. The van der Waals surface area contributed by atoms with Crippen molar-refractivity contribution in [2.45, 2.75) is 51.5 Å². The fourth-order valence-electron chi connectivity index (χ4n) is 5.86. The average Bonchev–Trinajstić information content (AvgIpc) is 2.53. The van der Waals surface area contributed by atoms with E-state index in [0.29, 0.717) is 26.3 Å². The van der Waals surface area contributed by atoms with Gasteiger partial charge in [0.1, 0.15) is 6.04 Å². The van der Waals surface area contributed by atoms with E-state index in [2.05, 4.69) is 5.32 Å². The molecule has 5 aliphatic rings. The molecule has 0 aromatic heterocycles. The summed E-state index contributed by atoms with van der Waals surface area (Å²) < 4.78 is 5.29. The number of carbonyl (C=O) groups is 2. The van der Waals surface area contributed by atoms with Gasteiger partial charge in [-0.25, -0.2) is 0 Å². The maximum Gasteiger partial charge on any atom is 0.245 e. The molecule has 4 bridgehead atoms. The molecule has 23 heavy (non-hydrogen) atoms. The predicted octanol–water partition coefficient (Wildman–Crippen LogP) is 1.57. The van der Waals surface area contributed by atoms with Gasteiger partial charge in [0.05, 0.1) is 13.2 Å². The molecule has 0 spiro atoms. The monoisotopic (exact) mass is 320 g/mol. The van der Waals surface area contributed by atoms with Gasteiger partial charge in [-0.1, -0.05) is 0 Å². The van der Waals surface area contributed by atoms with Crippen LogP contribution in [-0.4, -0.2) is 49.1 Å². The highest BCUT2D eigenvalue weighted by Crippen LogP contribution is 2.60. The molecule has 5 nitrogen and oxygen atoms in total. The Labute approximate surface area is 138 Å². The Kier molecular flexibility index (Phi) is 3.87. The highest BCUT2D eigenvalue weighted by atomic mass is 16.5. The van der Waals surface area contributed by atoms with Gasteiger partial charge in [-0.3, -0.25) is 9.59 Å². The van der Waals surface area contributed by atoms with Gasteiger partial charge in [0.25, 0.3) is 0 Å². The molecule has 2 amide bonds. The molecule has 5 rings (SSSR count). The van der Waals surface area contributed by atoms with Gasteiger partial charge in [0, 0.05) is 18.5 Å². The lowest BCUT2D eigenvalue weighted by Gasteiger charge is -2.55. The Bertz CT molecular complexity index is 463. The highest BCUT2D eigenvalue weighted by Gasteiger charge is 2.54. The molecule has 1 atom stereocenters. The topological polar surface area (TPSA) is 58.6 Å². The van der Waals surface area contributed by atoms with Gasteiger partial charge in [0.2, 0.25) is 11.8 Å². The molecule has 0 radical (unpaired) electrons. The van der Waals surface area contributed by atoms with E-state index in [4.69, 9.17) is 4.74 Å². The van der Waals surface area contributed by atoms with Crippen molar-refractivity contribution in [2.24, 2.45) is 23.2 Å². The van der Waals surface area contributed by atoms with E-state index in [-0.39, 0.29) is 17.2 Å². The van der Waals surface area contributed by atoms with Crippen LogP contribution in [0, 0.1) is 23.2 Å². The quantitative estimate of drug-likeness (QED) is 0.859. The van der Waals surface area contributed by atoms with Gasteiger partial charge in [-0.15, -0.1) is 0 Å². The van der Waals surface area contributed by atoms with E-state index in [1.807, 2.05) is 11.8 Å². The Balaban J connectivity index is 1.40. The number of hydrogen-bond acceptors (Lipinski definition) is 3. The summed E-state index contributed by atoms with van der Waals surface area (Å²) in [4.78, 5) is 27.3. The maximum absolute atomic E-state index is 13.0. The molecule has 1 heterocycles. The van der Waals surface area contributed by atoms with E-state index in [9.17, 15) is 9.59 Å². The van der Waals surface area contributed by atoms with Crippen molar-refractivity contribution >= 4 is 11.8 Å². The first kappa shape index (κ1) is 15.4. The number of amides is 2. The van der Waals surface area contributed by atoms with Crippen molar-refractivity contribution in [3.05, 3.63) is 0 Å². The van der Waals surface area contributed by atoms with Crippen molar-refractivity contribution in [2.75, 3.05) is 26.3 Å². The molecule has 0 unspecified atom stereocenters. The summed E-state index contributed by atoms with van der Waals surface area (Å²) in [7, 11) is 0. The zero-order chi connectivity index (χ0) is 16.0. The molecule has 1 N–H and O–H groups in total. The minimum atomic E-state index is -0.423. The molecular weight excluding hydrogens is 292 g/mol. The number of rotatable bonds is 3. The summed E-state index contributed by atoms with van der Waals surface area (Å²) in [6.45, 7) is 4.30. The van der Waals surface area contributed by atoms with Crippen LogP contribution in [-0.2, 0) is 14.3 Å². The minimum absolute atomic E-state index is 0.0337. The lowest BCUT2D eigenvalue weighted by Crippen LogP contribution is -2.57. The lowest BCUT2D eigenvalue weighted by molar-refractivity contribution is -0.150. The molecule has 128 valence electrons. The zero-order valence-corrected chi connectivity index (χ0v) is 14.1. The van der Waals surface area contributed by atoms with Gasteiger partial charge in [0.15, 0.2) is 0 Å². The van der Waals surface area contributed by atoms with E-state index in [0.717, 1.165) is 37.0 Å². The SMILES string of the molecule is C[C@@H](NC(=O)C12CC3CC(CC(C3)C1)C2)C(=O)N1CCOCC1. The molecule has 1 aliphatic heterocycles. The second-order valence-electron chi connectivity index (χ2n) is 8.33. The zero-order valence-electron chi connectivity index (χ0n) is 14.1. The average molecular weight is 320 g/mol. The Morgan fingerprint density at radius 3 is 2.09 bits per heavy atom. The maximum atomic E-state index is 13.0. The summed E-state index contributed by atoms with van der Waals surface area (Å²) in [6, 6.07) is -0.423. The van der Waals surface area contributed by atoms with E-state index < -0.39 is 6.04 Å². The van der Waals surface area contributed by atoms with Crippen LogP contribution in [0.4, 0.5) is 0 Å². The van der Waals surface area contributed by atoms with Crippen LogP contribution >= 0.6 is 0 Å². The first-order valence-electron chi connectivity index (χ1n) is 9.23. The first-order chi connectivity index (χ1) is 11.1. The van der Waals surface area contributed by atoms with Crippen molar-refractivity contribution in [3.8, 4) is 0 Å². The lowest BCUT2D eigenvalue weighted by atomic mass is 9.49. The van der Waals surface area contributed by atoms with Crippen molar-refractivity contribution in [1.82, 2.24) is 10.2 Å². The number of morpholine rings is 1. The fraction of sp³-hybridized carbons (Fsp3) is 0.889. The fourth-order valence-corrected chi connectivity index (χ4v) is 5.86. The second kappa shape index (κ2) is 5.76. The van der Waals surface area contributed by atoms with Crippen LogP contribution in [0.2, 0.25) is 0 Å². The Morgan fingerprint density at radius 2 is 1.57 bits per heavy atom. The molecule has 4 saturated carbocycles. The molecular formula is C18H28N2O3. The van der Waals surface area contributed by atoms with Crippen LogP contribution in [0.25, 0.3) is 0 Å². The smallest absolute Gasteiger partial charge is 0.245 e. The van der Waals surface area contributed by atoms with Crippen LogP contribution in [0.5, 0.6) is 0 Å². The molecule has 0 aromatic rings. The molecule has 0 aromatic carbocycles.